The lowest BCUT2D eigenvalue weighted by atomic mass is 10.2. The molecule has 0 unspecified atom stereocenters. The normalized spacial score (nSPS) is 22.1. The second kappa shape index (κ2) is 6.20. The number of thiophene rings is 1. The summed E-state index contributed by atoms with van der Waals surface area (Å²) >= 11 is 1.59. The van der Waals surface area contributed by atoms with E-state index < -0.39 is 12.1 Å². The van der Waals surface area contributed by atoms with Gasteiger partial charge in [-0.1, -0.05) is 0 Å². The van der Waals surface area contributed by atoms with Gasteiger partial charge in [0, 0.05) is 30.5 Å². The minimum atomic E-state index is -0.521. The van der Waals surface area contributed by atoms with Crippen LogP contribution in [0.15, 0.2) is 21.2 Å². The smallest absolute Gasteiger partial charge is 0.323 e. The van der Waals surface area contributed by atoms with Crippen molar-refractivity contribution in [3.63, 3.8) is 0 Å². The van der Waals surface area contributed by atoms with Crippen molar-refractivity contribution in [2.45, 2.75) is 32.0 Å². The minimum absolute atomic E-state index is 0.323. The van der Waals surface area contributed by atoms with E-state index in [-0.39, 0.29) is 5.97 Å². The van der Waals surface area contributed by atoms with Gasteiger partial charge in [-0.05, 0) is 18.4 Å². The van der Waals surface area contributed by atoms with Gasteiger partial charge in [0.1, 0.15) is 11.8 Å². The van der Waals surface area contributed by atoms with Crippen molar-refractivity contribution < 1.29 is 19.1 Å². The fraction of sp³-hybridized carbons (Fsp3) is 0.467. The average Bonchev–Trinajstić information content (AvgIpc) is 3.20. The van der Waals surface area contributed by atoms with Gasteiger partial charge in [-0.25, -0.2) is 4.98 Å². The molecule has 1 aliphatic rings. The molecule has 0 radical (unpaired) electrons. The number of aryl methyl sites for hydroxylation is 1. The summed E-state index contributed by atoms with van der Waals surface area (Å²) in [5.41, 5.74) is 1.73. The Morgan fingerprint density at radius 1 is 1.64 bits per heavy atom. The number of β-amino-alcohol motifs (C(OH)–C–C–N with tert-alkyl or cyclic N) is 1. The molecule has 0 aromatic carbocycles. The Kier molecular flexibility index (Phi) is 4.28. The summed E-state index contributed by atoms with van der Waals surface area (Å²) in [5, 5.41) is 13.8. The molecule has 2 atom stereocenters. The summed E-state index contributed by atoms with van der Waals surface area (Å²) in [6, 6.07) is 1.53. The Balaban J connectivity index is 1.79. The summed E-state index contributed by atoms with van der Waals surface area (Å²) in [5.74, 6) is 0.991. The highest BCUT2D eigenvalue weighted by Crippen LogP contribution is 2.27. The third kappa shape index (κ3) is 2.92. The van der Waals surface area contributed by atoms with E-state index in [9.17, 15) is 9.90 Å². The van der Waals surface area contributed by atoms with Crippen molar-refractivity contribution in [2.75, 3.05) is 13.7 Å². The monoisotopic (exact) mass is 322 g/mol. The number of hydrogen-bond acceptors (Lipinski definition) is 7. The number of nitrogens with zero attached hydrogens (tertiary/aromatic N) is 2. The number of oxazole rings is 1. The van der Waals surface area contributed by atoms with Crippen molar-refractivity contribution in [1.29, 1.82) is 0 Å². The van der Waals surface area contributed by atoms with Crippen LogP contribution in [0.25, 0.3) is 11.5 Å². The van der Waals surface area contributed by atoms with Crippen molar-refractivity contribution in [3.05, 3.63) is 28.3 Å². The zero-order chi connectivity index (χ0) is 15.7. The number of aromatic nitrogens is 1. The van der Waals surface area contributed by atoms with Crippen LogP contribution in [0.3, 0.4) is 0 Å². The molecule has 3 rings (SSSR count). The minimum Gasteiger partial charge on any atom is -0.468 e. The Morgan fingerprint density at radius 3 is 3.14 bits per heavy atom. The number of methoxy groups -OCH3 is 1. The lowest BCUT2D eigenvalue weighted by Gasteiger charge is -2.20. The highest BCUT2D eigenvalue weighted by Gasteiger charge is 2.37. The quantitative estimate of drug-likeness (QED) is 0.865. The first-order valence-corrected chi connectivity index (χ1v) is 8.01. The van der Waals surface area contributed by atoms with Crippen molar-refractivity contribution in [2.24, 2.45) is 0 Å². The van der Waals surface area contributed by atoms with E-state index in [0.717, 1.165) is 17.0 Å². The van der Waals surface area contributed by atoms with Crippen molar-refractivity contribution in [3.8, 4) is 11.5 Å². The average molecular weight is 322 g/mol. The molecule has 7 heteroatoms. The number of aliphatic hydroxyl groups excluding tert-OH is 1. The van der Waals surface area contributed by atoms with Gasteiger partial charge in [-0.2, -0.15) is 11.3 Å². The van der Waals surface area contributed by atoms with Crippen molar-refractivity contribution >= 4 is 17.3 Å². The lowest BCUT2D eigenvalue weighted by Crippen LogP contribution is -2.36. The van der Waals surface area contributed by atoms with Gasteiger partial charge in [0.25, 0.3) is 0 Å². The van der Waals surface area contributed by atoms with Crippen LogP contribution in [0.4, 0.5) is 0 Å². The number of likely N-dealkylation sites (tertiary alicyclic amines) is 1. The first-order chi connectivity index (χ1) is 10.6. The maximum Gasteiger partial charge on any atom is 0.323 e. The number of esters is 1. The van der Waals surface area contributed by atoms with Gasteiger partial charge in [0.05, 0.1) is 18.9 Å². The number of ether oxygens (including phenoxy) is 1. The Hall–Kier alpha value is -1.70. The molecule has 2 aromatic rings. The molecule has 2 aromatic heterocycles. The molecule has 0 saturated carbocycles. The zero-order valence-corrected chi connectivity index (χ0v) is 13.3. The molecule has 0 spiro atoms. The molecule has 1 N–H and O–H groups in total. The second-order valence-electron chi connectivity index (χ2n) is 5.39. The maximum absolute atomic E-state index is 11.8. The first-order valence-electron chi connectivity index (χ1n) is 7.07. The SMILES string of the molecule is COC(=O)[C@H]1C[C@@H](O)CN1Cc1nc(-c2ccsc2)oc1C. The Labute approximate surface area is 132 Å². The maximum atomic E-state index is 11.8. The van der Waals surface area contributed by atoms with E-state index in [2.05, 4.69) is 4.98 Å². The summed E-state index contributed by atoms with van der Waals surface area (Å²) < 4.78 is 10.5. The second-order valence-corrected chi connectivity index (χ2v) is 6.17. The summed E-state index contributed by atoms with van der Waals surface area (Å²) in [6.07, 6.45) is -0.131. The van der Waals surface area contributed by atoms with E-state index in [0.29, 0.717) is 25.4 Å². The van der Waals surface area contributed by atoms with Crippen LogP contribution in [0.5, 0.6) is 0 Å². The van der Waals surface area contributed by atoms with Gasteiger partial charge in [0.2, 0.25) is 5.89 Å². The number of carbonyl (C=O) groups excluding carboxylic acids is 1. The Bertz CT molecular complexity index is 653. The van der Waals surface area contributed by atoms with Crippen LogP contribution in [-0.4, -0.2) is 46.8 Å². The van der Waals surface area contributed by atoms with E-state index in [1.807, 2.05) is 28.7 Å². The van der Waals surface area contributed by atoms with Crippen LogP contribution in [0.1, 0.15) is 17.9 Å². The largest absolute Gasteiger partial charge is 0.468 e. The Morgan fingerprint density at radius 2 is 2.45 bits per heavy atom. The fourth-order valence-electron chi connectivity index (χ4n) is 2.71. The third-order valence-corrected chi connectivity index (χ3v) is 4.55. The zero-order valence-electron chi connectivity index (χ0n) is 12.5. The number of carbonyl (C=O) groups is 1. The molecule has 118 valence electrons. The van der Waals surface area contributed by atoms with Crippen LogP contribution in [0, 0.1) is 6.92 Å². The highest BCUT2D eigenvalue weighted by molar-refractivity contribution is 7.08. The summed E-state index contributed by atoms with van der Waals surface area (Å²) in [4.78, 5) is 18.2. The van der Waals surface area contributed by atoms with Crippen molar-refractivity contribution in [1.82, 2.24) is 9.88 Å². The molecule has 3 heterocycles. The summed E-state index contributed by atoms with van der Waals surface area (Å²) in [7, 11) is 1.36. The molecule has 0 aliphatic carbocycles. The van der Waals surface area contributed by atoms with E-state index in [4.69, 9.17) is 9.15 Å². The highest BCUT2D eigenvalue weighted by atomic mass is 32.1. The molecule has 0 bridgehead atoms. The van der Waals surface area contributed by atoms with Gasteiger partial charge >= 0.3 is 5.97 Å². The molecule has 22 heavy (non-hydrogen) atoms. The van der Waals surface area contributed by atoms with E-state index in [1.54, 1.807) is 11.3 Å². The van der Waals surface area contributed by atoms with Gasteiger partial charge in [-0.3, -0.25) is 9.69 Å². The predicted octanol–water partition coefficient (Wildman–Crippen LogP) is 1.82. The van der Waals surface area contributed by atoms with Gasteiger partial charge in [0.15, 0.2) is 0 Å². The molecule has 0 amide bonds. The molecule has 1 saturated heterocycles. The van der Waals surface area contributed by atoms with Gasteiger partial charge < -0.3 is 14.3 Å². The molecular weight excluding hydrogens is 304 g/mol. The van der Waals surface area contributed by atoms with Gasteiger partial charge in [-0.15, -0.1) is 0 Å². The summed E-state index contributed by atoms with van der Waals surface area (Å²) in [6.45, 7) is 2.74. The van der Waals surface area contributed by atoms with E-state index in [1.165, 1.54) is 7.11 Å². The molecule has 6 nitrogen and oxygen atoms in total. The molecular formula is C15H18N2O4S. The van der Waals surface area contributed by atoms with Crippen LogP contribution in [-0.2, 0) is 16.1 Å². The number of hydrogen-bond donors (Lipinski definition) is 1. The standard InChI is InChI=1S/C15H18N2O4S/c1-9-12(16-14(21-9)10-3-4-22-8-10)7-17-6-11(18)5-13(17)15(19)20-2/h3-4,8,11,13,18H,5-7H2,1-2H3/t11-,13-/m1/s1. The van der Waals surface area contributed by atoms with Crippen LogP contribution in [0.2, 0.25) is 0 Å². The topological polar surface area (TPSA) is 75.8 Å². The first kappa shape index (κ1) is 15.2. The van der Waals surface area contributed by atoms with Crippen LogP contribution >= 0.6 is 11.3 Å². The number of rotatable bonds is 4. The predicted molar refractivity (Wildman–Crippen MR) is 81.4 cm³/mol. The van der Waals surface area contributed by atoms with Crippen LogP contribution < -0.4 is 0 Å². The molecule has 1 fully saturated rings. The van der Waals surface area contributed by atoms with E-state index >= 15 is 0 Å². The fourth-order valence-corrected chi connectivity index (χ4v) is 3.34. The third-order valence-electron chi connectivity index (χ3n) is 3.87. The number of aliphatic hydroxyl groups is 1. The molecule has 1 aliphatic heterocycles. The lowest BCUT2D eigenvalue weighted by molar-refractivity contribution is -0.146.